The highest BCUT2D eigenvalue weighted by Gasteiger charge is 2.36. The lowest BCUT2D eigenvalue weighted by Gasteiger charge is -2.29. The minimum Gasteiger partial charge on any atom is -0.490 e. The number of anilines is 2. The van der Waals surface area contributed by atoms with Crippen LogP contribution in [0.15, 0.2) is 75.5 Å². The van der Waals surface area contributed by atoms with Crippen molar-refractivity contribution in [1.82, 2.24) is 14.8 Å². The van der Waals surface area contributed by atoms with E-state index in [1.807, 2.05) is 62.7 Å². The molecule has 3 aromatic carbocycles. The van der Waals surface area contributed by atoms with E-state index in [1.165, 1.54) is 5.56 Å². The largest absolute Gasteiger partial charge is 0.490 e. The molecule has 1 atom stereocenters. The molecule has 1 aliphatic heterocycles. The highest BCUT2D eigenvalue weighted by molar-refractivity contribution is 9.10. The average Bonchev–Trinajstić information content (AvgIpc) is 3.44. The van der Waals surface area contributed by atoms with Crippen molar-refractivity contribution in [2.45, 2.75) is 91.5 Å². The van der Waals surface area contributed by atoms with Crippen LogP contribution in [0, 0.1) is 13.8 Å². The Morgan fingerprint density at radius 2 is 1.81 bits per heavy atom. The molecule has 0 fully saturated rings. The molecule has 2 N–H and O–H groups in total. The van der Waals surface area contributed by atoms with Crippen molar-refractivity contribution >= 4 is 45.2 Å². The zero-order valence-electron chi connectivity index (χ0n) is 29.2. The second kappa shape index (κ2) is 15.2. The first kappa shape index (κ1) is 35.5. The van der Waals surface area contributed by atoms with Gasteiger partial charge >= 0.3 is 0 Å². The minimum absolute atomic E-state index is 0.0787. The third-order valence-corrected chi connectivity index (χ3v) is 10.0. The van der Waals surface area contributed by atoms with Crippen molar-refractivity contribution in [3.8, 4) is 11.5 Å². The number of halogens is 1. The predicted molar refractivity (Wildman–Crippen MR) is 199 cm³/mol. The van der Waals surface area contributed by atoms with Gasteiger partial charge in [-0.2, -0.15) is 4.98 Å². The zero-order valence-corrected chi connectivity index (χ0v) is 31.6. The molecule has 5 rings (SSSR count). The van der Waals surface area contributed by atoms with Crippen molar-refractivity contribution in [3.63, 3.8) is 0 Å². The first-order valence-corrected chi connectivity index (χ1v) is 18.3. The average molecular weight is 733 g/mol. The summed E-state index contributed by atoms with van der Waals surface area (Å²) < 4.78 is 15.1. The van der Waals surface area contributed by atoms with Gasteiger partial charge in [0.05, 0.1) is 16.7 Å². The van der Waals surface area contributed by atoms with Crippen LogP contribution >= 0.6 is 27.7 Å². The molecule has 10 heteroatoms. The van der Waals surface area contributed by atoms with Gasteiger partial charge in [0.25, 0.3) is 5.91 Å². The lowest BCUT2D eigenvalue weighted by atomic mass is 9.87. The van der Waals surface area contributed by atoms with Gasteiger partial charge in [-0.3, -0.25) is 4.79 Å². The van der Waals surface area contributed by atoms with Crippen LogP contribution in [0.3, 0.4) is 0 Å². The van der Waals surface area contributed by atoms with E-state index in [0.717, 1.165) is 51.0 Å². The number of carbonyl (C=O) groups is 1. The summed E-state index contributed by atoms with van der Waals surface area (Å²) in [5.74, 6) is 2.48. The Bertz CT molecular complexity index is 1810. The summed E-state index contributed by atoms with van der Waals surface area (Å²) in [7, 11) is 0. The van der Waals surface area contributed by atoms with E-state index in [1.54, 1.807) is 11.8 Å². The third-order valence-electron chi connectivity index (χ3n) is 8.51. The molecular weight excluding hydrogens is 686 g/mol. The van der Waals surface area contributed by atoms with Crippen LogP contribution in [0.2, 0.25) is 0 Å². The van der Waals surface area contributed by atoms with Gasteiger partial charge in [0, 0.05) is 17.1 Å². The maximum Gasteiger partial charge on any atom is 0.255 e. The molecule has 1 aliphatic rings. The lowest BCUT2D eigenvalue weighted by molar-refractivity contribution is -0.113. The van der Waals surface area contributed by atoms with Crippen LogP contribution in [0.1, 0.15) is 88.2 Å². The van der Waals surface area contributed by atoms with E-state index in [-0.39, 0.29) is 11.3 Å². The Kier molecular flexibility index (Phi) is 11.3. The van der Waals surface area contributed by atoms with Crippen LogP contribution in [0.25, 0.3) is 0 Å². The number of allylic oxidation sites excluding steroid dienone is 1. The molecule has 48 heavy (non-hydrogen) atoms. The van der Waals surface area contributed by atoms with Crippen molar-refractivity contribution in [2.24, 2.45) is 0 Å². The smallest absolute Gasteiger partial charge is 0.255 e. The molecule has 4 aromatic rings. The SMILES string of the molecule is CCCCSc1nc2n(n1)C(c1cc(Br)c(OCc3ccc(C(C)(C)C)cc3)c(OCC)c1)C(C(=O)Nc1cccc(C)c1C)=C(C)N2. The summed E-state index contributed by atoms with van der Waals surface area (Å²) in [5.41, 5.74) is 7.38. The van der Waals surface area contributed by atoms with Crippen LogP contribution in [-0.2, 0) is 16.8 Å². The number of benzene rings is 3. The van der Waals surface area contributed by atoms with Crippen LogP contribution in [0.5, 0.6) is 11.5 Å². The molecule has 1 amide bonds. The number of hydrogen-bond acceptors (Lipinski definition) is 7. The Morgan fingerprint density at radius 1 is 1.06 bits per heavy atom. The minimum atomic E-state index is -0.575. The number of carbonyl (C=O) groups excluding carboxylic acids is 1. The van der Waals surface area contributed by atoms with Gasteiger partial charge < -0.3 is 20.1 Å². The molecular formula is C38H46BrN5O3S. The molecule has 0 saturated carbocycles. The number of thioether (sulfide) groups is 1. The van der Waals surface area contributed by atoms with Gasteiger partial charge in [0.2, 0.25) is 11.1 Å². The summed E-state index contributed by atoms with van der Waals surface area (Å²) in [6, 6.07) is 17.8. The summed E-state index contributed by atoms with van der Waals surface area (Å²) in [4.78, 5) is 19.0. The predicted octanol–water partition coefficient (Wildman–Crippen LogP) is 9.75. The molecule has 0 spiro atoms. The second-order valence-electron chi connectivity index (χ2n) is 13.1. The fourth-order valence-corrected chi connectivity index (χ4v) is 7.07. The van der Waals surface area contributed by atoms with Crippen molar-refractivity contribution in [1.29, 1.82) is 0 Å². The molecule has 0 aliphatic carbocycles. The van der Waals surface area contributed by atoms with E-state index in [0.29, 0.717) is 47.1 Å². The zero-order chi connectivity index (χ0) is 34.6. The van der Waals surface area contributed by atoms with Gasteiger partial charge in [-0.05, 0) is 101 Å². The van der Waals surface area contributed by atoms with E-state index in [4.69, 9.17) is 19.6 Å². The number of nitrogens with one attached hydrogen (secondary N) is 2. The number of nitrogens with zero attached hydrogens (tertiary/aromatic N) is 3. The molecule has 1 aromatic heterocycles. The van der Waals surface area contributed by atoms with Gasteiger partial charge in [0.15, 0.2) is 11.5 Å². The van der Waals surface area contributed by atoms with E-state index in [2.05, 4.69) is 78.5 Å². The lowest BCUT2D eigenvalue weighted by Crippen LogP contribution is -2.31. The monoisotopic (exact) mass is 731 g/mol. The number of fused-ring (bicyclic) bond motifs is 1. The Labute approximate surface area is 297 Å². The number of amides is 1. The molecule has 1 unspecified atom stereocenters. The number of rotatable bonds is 12. The Balaban J connectivity index is 1.53. The molecule has 2 heterocycles. The second-order valence-corrected chi connectivity index (χ2v) is 15.0. The number of ether oxygens (including phenoxy) is 2. The van der Waals surface area contributed by atoms with Gasteiger partial charge in [-0.25, -0.2) is 4.68 Å². The van der Waals surface area contributed by atoms with Gasteiger partial charge in [0.1, 0.15) is 12.6 Å². The number of unbranched alkanes of at least 4 members (excludes halogenated alkanes) is 1. The van der Waals surface area contributed by atoms with Gasteiger partial charge in [-0.1, -0.05) is 82.3 Å². The fraction of sp³-hybridized carbons (Fsp3) is 0.395. The maximum absolute atomic E-state index is 14.2. The Morgan fingerprint density at radius 3 is 2.50 bits per heavy atom. The maximum atomic E-state index is 14.2. The topological polar surface area (TPSA) is 90.3 Å². The van der Waals surface area contributed by atoms with Crippen molar-refractivity contribution < 1.29 is 14.3 Å². The Hall–Kier alpha value is -3.76. The summed E-state index contributed by atoms with van der Waals surface area (Å²) >= 11 is 5.41. The number of hydrogen-bond donors (Lipinski definition) is 2. The fourth-order valence-electron chi connectivity index (χ4n) is 5.58. The summed E-state index contributed by atoms with van der Waals surface area (Å²) in [6.07, 6.45) is 2.16. The normalized spacial score (nSPS) is 14.4. The van der Waals surface area contributed by atoms with Crippen molar-refractivity contribution in [2.75, 3.05) is 23.0 Å². The van der Waals surface area contributed by atoms with Crippen molar-refractivity contribution in [3.05, 3.63) is 98.2 Å². The molecule has 0 saturated heterocycles. The molecule has 0 radical (unpaired) electrons. The first-order valence-electron chi connectivity index (χ1n) is 16.5. The highest BCUT2D eigenvalue weighted by atomic mass is 79.9. The molecule has 8 nitrogen and oxygen atoms in total. The molecule has 254 valence electrons. The summed E-state index contributed by atoms with van der Waals surface area (Å²) in [5, 5.41) is 12.1. The summed E-state index contributed by atoms with van der Waals surface area (Å²) in [6.45, 7) is 17.5. The van der Waals surface area contributed by atoms with Crippen LogP contribution in [0.4, 0.5) is 11.6 Å². The van der Waals surface area contributed by atoms with E-state index in [9.17, 15) is 4.79 Å². The van der Waals surface area contributed by atoms with Crippen LogP contribution in [-0.4, -0.2) is 33.0 Å². The highest BCUT2D eigenvalue weighted by Crippen LogP contribution is 2.44. The molecule has 0 bridgehead atoms. The number of aryl methyl sites for hydroxylation is 1. The van der Waals surface area contributed by atoms with E-state index >= 15 is 0 Å². The quantitative estimate of drug-likeness (QED) is 0.111. The number of aromatic nitrogens is 3. The third kappa shape index (κ3) is 7.92. The van der Waals surface area contributed by atoms with Gasteiger partial charge in [-0.15, -0.1) is 5.10 Å². The standard InChI is InChI=1S/C38H46BrN5O3S/c1-9-11-19-48-37-42-36-40-25(5)32(35(45)41-30-14-12-13-23(3)24(30)4)33(44(36)43-37)27-20-29(39)34(31(21-27)46-10-2)47-22-26-15-17-28(18-16-26)38(6,7)8/h12-18,20-21,33H,9-11,19,22H2,1-8H3,(H,41,45)(H,40,42,43). The van der Waals surface area contributed by atoms with Crippen LogP contribution < -0.4 is 20.1 Å². The van der Waals surface area contributed by atoms with E-state index < -0.39 is 6.04 Å². The first-order chi connectivity index (χ1) is 22.9.